The van der Waals surface area contributed by atoms with Gasteiger partial charge in [0.25, 0.3) is 0 Å². The molecule has 0 bridgehead atoms. The van der Waals surface area contributed by atoms with Crippen LogP contribution < -0.4 is 4.74 Å². The van der Waals surface area contributed by atoms with E-state index in [9.17, 15) is 0 Å². The molecule has 4 heteroatoms. The summed E-state index contributed by atoms with van der Waals surface area (Å²) in [5.41, 5.74) is 7.79. The highest BCUT2D eigenvalue weighted by atomic mass is 16.5. The Balaban J connectivity index is 1.70. The third-order valence-electron chi connectivity index (χ3n) is 5.56. The zero-order valence-electron chi connectivity index (χ0n) is 15.0. The first kappa shape index (κ1) is 15.0. The number of fused-ring (bicyclic) bond motifs is 3. The summed E-state index contributed by atoms with van der Waals surface area (Å²) in [4.78, 5) is 6.75. The van der Waals surface area contributed by atoms with Gasteiger partial charge in [-0.25, -0.2) is 0 Å². The molecule has 0 saturated carbocycles. The summed E-state index contributed by atoms with van der Waals surface area (Å²) in [5.74, 6) is 1.03. The number of benzene rings is 1. The van der Waals surface area contributed by atoms with E-state index < -0.39 is 0 Å². The lowest BCUT2D eigenvalue weighted by Gasteiger charge is -2.29. The van der Waals surface area contributed by atoms with Crippen molar-refractivity contribution in [2.24, 2.45) is 0 Å². The van der Waals surface area contributed by atoms with E-state index in [0.717, 1.165) is 37.5 Å². The summed E-state index contributed by atoms with van der Waals surface area (Å²) in [6, 6.07) is 8.74. The van der Waals surface area contributed by atoms with E-state index in [2.05, 4.69) is 52.7 Å². The van der Waals surface area contributed by atoms with Crippen molar-refractivity contribution in [2.75, 3.05) is 13.6 Å². The average molecular weight is 333 g/mol. The average Bonchev–Trinajstić information content (AvgIpc) is 2.89. The largest absolute Gasteiger partial charge is 0.482 e. The molecule has 3 aromatic rings. The highest BCUT2D eigenvalue weighted by molar-refractivity contribution is 5.92. The molecule has 2 aliphatic heterocycles. The van der Waals surface area contributed by atoms with Gasteiger partial charge in [0.2, 0.25) is 0 Å². The zero-order chi connectivity index (χ0) is 17.1. The lowest BCUT2D eigenvalue weighted by atomic mass is 10.0. The van der Waals surface area contributed by atoms with E-state index in [1.165, 1.54) is 33.3 Å². The van der Waals surface area contributed by atoms with E-state index in [4.69, 9.17) is 4.74 Å². The summed E-state index contributed by atoms with van der Waals surface area (Å²) in [5, 5.41) is 1.38. The lowest BCUT2D eigenvalue weighted by Crippen LogP contribution is -2.28. The molecule has 1 aromatic carbocycles. The van der Waals surface area contributed by atoms with Gasteiger partial charge in [-0.05, 0) is 61.9 Å². The maximum Gasteiger partial charge on any atom is 0.144 e. The van der Waals surface area contributed by atoms with Crippen LogP contribution >= 0.6 is 0 Å². The second kappa shape index (κ2) is 5.33. The van der Waals surface area contributed by atoms with Crippen LogP contribution in [0.1, 0.15) is 34.2 Å². The second-order valence-electron chi connectivity index (χ2n) is 7.52. The Morgan fingerprint density at radius 1 is 1.20 bits per heavy atom. The Bertz CT molecular complexity index is 988. The molecular formula is C21H23N3O. The molecule has 1 unspecified atom stereocenters. The third kappa shape index (κ3) is 2.28. The molecule has 0 saturated heterocycles. The number of hydrogen-bond acceptors (Lipinski definition) is 3. The predicted octanol–water partition coefficient (Wildman–Crippen LogP) is 3.77. The minimum Gasteiger partial charge on any atom is -0.482 e. The summed E-state index contributed by atoms with van der Waals surface area (Å²) in [6.45, 7) is 7.24. The van der Waals surface area contributed by atoms with Gasteiger partial charge in [-0.2, -0.15) is 0 Å². The van der Waals surface area contributed by atoms with Crippen molar-refractivity contribution in [1.29, 1.82) is 0 Å². The van der Waals surface area contributed by atoms with Gasteiger partial charge in [0.1, 0.15) is 11.9 Å². The van der Waals surface area contributed by atoms with Crippen LogP contribution in [-0.2, 0) is 19.5 Å². The molecule has 0 aliphatic carbocycles. The predicted molar refractivity (Wildman–Crippen MR) is 99.1 cm³/mol. The van der Waals surface area contributed by atoms with Gasteiger partial charge in [-0.15, -0.1) is 0 Å². The first-order valence-electron chi connectivity index (χ1n) is 9.02. The van der Waals surface area contributed by atoms with Crippen LogP contribution in [0.25, 0.3) is 10.9 Å². The van der Waals surface area contributed by atoms with Gasteiger partial charge in [-0.1, -0.05) is 0 Å². The first-order chi connectivity index (χ1) is 12.1. The highest BCUT2D eigenvalue weighted by Gasteiger charge is 2.30. The summed E-state index contributed by atoms with van der Waals surface area (Å²) < 4.78 is 8.99. The van der Waals surface area contributed by atoms with E-state index >= 15 is 0 Å². The van der Waals surface area contributed by atoms with Gasteiger partial charge in [0, 0.05) is 42.5 Å². The fraction of sp³-hybridized carbons (Fsp3) is 0.381. The fourth-order valence-electron chi connectivity index (χ4n) is 4.40. The molecule has 1 atom stereocenters. The third-order valence-corrected chi connectivity index (χ3v) is 5.56. The first-order valence-corrected chi connectivity index (χ1v) is 9.02. The van der Waals surface area contributed by atoms with Crippen molar-refractivity contribution >= 4 is 10.9 Å². The molecule has 5 rings (SSSR count). The minimum atomic E-state index is 0.0513. The highest BCUT2D eigenvalue weighted by Crippen LogP contribution is 2.42. The number of nitrogens with zero attached hydrogens (tertiary/aromatic N) is 3. The maximum atomic E-state index is 6.47. The molecule has 25 heavy (non-hydrogen) atoms. The smallest absolute Gasteiger partial charge is 0.144 e. The summed E-state index contributed by atoms with van der Waals surface area (Å²) >= 11 is 0. The van der Waals surface area contributed by atoms with Crippen LogP contribution in [0.4, 0.5) is 0 Å². The summed E-state index contributed by atoms with van der Waals surface area (Å²) in [6.07, 6.45) is 3.05. The molecule has 0 amide bonds. The van der Waals surface area contributed by atoms with E-state index in [1.54, 1.807) is 0 Å². The van der Waals surface area contributed by atoms with Crippen LogP contribution in [0.5, 0.6) is 5.75 Å². The SMILES string of the molecule is Cc1cc2c3c(c1)c1c(n3CC(c3ccnc(C)c3)O2)CCN(C)C1. The molecule has 4 nitrogen and oxygen atoms in total. The lowest BCUT2D eigenvalue weighted by molar-refractivity contribution is 0.171. The molecule has 0 spiro atoms. The standard InChI is InChI=1S/C21H23N3O/c1-13-8-16-17-11-23(3)7-5-18(17)24-12-20(25-19(9-13)21(16)24)15-4-6-22-14(2)10-15/h4,6,8-10,20H,5,7,11-12H2,1-3H3. The fourth-order valence-corrected chi connectivity index (χ4v) is 4.40. The molecule has 4 heterocycles. The second-order valence-corrected chi connectivity index (χ2v) is 7.52. The Morgan fingerprint density at radius 2 is 2.08 bits per heavy atom. The molecular weight excluding hydrogens is 310 g/mol. The Kier molecular flexibility index (Phi) is 3.19. The minimum absolute atomic E-state index is 0.0513. The monoisotopic (exact) mass is 333 g/mol. The van der Waals surface area contributed by atoms with Crippen molar-refractivity contribution in [3.8, 4) is 5.75 Å². The number of aromatic nitrogens is 2. The molecule has 2 aromatic heterocycles. The Morgan fingerprint density at radius 3 is 2.92 bits per heavy atom. The molecule has 128 valence electrons. The van der Waals surface area contributed by atoms with Gasteiger partial charge in [0.15, 0.2) is 0 Å². The van der Waals surface area contributed by atoms with Gasteiger partial charge < -0.3 is 14.2 Å². The number of rotatable bonds is 1. The quantitative estimate of drug-likeness (QED) is 0.679. The number of pyridine rings is 1. The number of likely N-dealkylation sites (N-methyl/N-ethyl adjacent to an activating group) is 1. The van der Waals surface area contributed by atoms with Crippen LogP contribution in [-0.4, -0.2) is 28.0 Å². The van der Waals surface area contributed by atoms with E-state index in [1.807, 2.05) is 13.1 Å². The van der Waals surface area contributed by atoms with Crippen LogP contribution in [0, 0.1) is 13.8 Å². The topological polar surface area (TPSA) is 30.3 Å². The van der Waals surface area contributed by atoms with Crippen molar-refractivity contribution < 1.29 is 4.74 Å². The van der Waals surface area contributed by atoms with Crippen LogP contribution in [0.2, 0.25) is 0 Å². The van der Waals surface area contributed by atoms with E-state index in [-0.39, 0.29) is 6.10 Å². The van der Waals surface area contributed by atoms with Crippen LogP contribution in [0.3, 0.4) is 0 Å². The van der Waals surface area contributed by atoms with Gasteiger partial charge >= 0.3 is 0 Å². The van der Waals surface area contributed by atoms with Crippen molar-refractivity contribution in [3.05, 3.63) is 58.5 Å². The van der Waals surface area contributed by atoms with Crippen molar-refractivity contribution in [2.45, 2.75) is 39.5 Å². The maximum absolute atomic E-state index is 6.47. The Labute approximate surface area is 148 Å². The number of hydrogen-bond donors (Lipinski definition) is 0. The molecule has 2 aliphatic rings. The molecule has 0 fully saturated rings. The Hall–Kier alpha value is -2.33. The van der Waals surface area contributed by atoms with Crippen molar-refractivity contribution in [1.82, 2.24) is 14.5 Å². The number of ether oxygens (including phenoxy) is 1. The van der Waals surface area contributed by atoms with Gasteiger partial charge in [0.05, 0.1) is 12.1 Å². The van der Waals surface area contributed by atoms with Crippen LogP contribution in [0.15, 0.2) is 30.5 Å². The van der Waals surface area contributed by atoms with E-state index in [0.29, 0.717) is 0 Å². The summed E-state index contributed by atoms with van der Waals surface area (Å²) in [7, 11) is 2.21. The molecule has 0 N–H and O–H groups in total. The van der Waals surface area contributed by atoms with Crippen molar-refractivity contribution in [3.63, 3.8) is 0 Å². The molecule has 0 radical (unpaired) electrons. The number of aryl methyl sites for hydroxylation is 2. The normalized spacial score (nSPS) is 19.7. The zero-order valence-corrected chi connectivity index (χ0v) is 15.0. The van der Waals surface area contributed by atoms with Gasteiger partial charge in [-0.3, -0.25) is 4.98 Å².